The predicted molar refractivity (Wildman–Crippen MR) is 62.1 cm³/mol. The van der Waals surface area contributed by atoms with Gasteiger partial charge < -0.3 is 10.4 Å². The third-order valence-electron chi connectivity index (χ3n) is 3.38. The van der Waals surface area contributed by atoms with Gasteiger partial charge in [0.25, 0.3) is 0 Å². The Labute approximate surface area is 108 Å². The average Bonchev–Trinajstić information content (AvgIpc) is 2.28. The molecule has 0 saturated heterocycles. The van der Waals surface area contributed by atoms with Gasteiger partial charge in [0.05, 0.1) is 11.8 Å². The molecule has 0 aliphatic heterocycles. The molecule has 1 fully saturated rings. The molecule has 0 heterocycles. The van der Waals surface area contributed by atoms with Crippen LogP contribution in [0.5, 0.6) is 0 Å². The zero-order valence-electron chi connectivity index (χ0n) is 10.0. The van der Waals surface area contributed by atoms with Crippen LogP contribution in [0.15, 0.2) is 18.2 Å². The van der Waals surface area contributed by atoms with Gasteiger partial charge in [-0.05, 0) is 30.5 Å². The summed E-state index contributed by atoms with van der Waals surface area (Å²) in [6.07, 6.45) is 1.04. The van der Waals surface area contributed by atoms with E-state index in [1.54, 1.807) is 0 Å². The molecular formula is C13H13F2NO3. The first kappa shape index (κ1) is 13.5. The van der Waals surface area contributed by atoms with Gasteiger partial charge in [0, 0.05) is 6.54 Å². The van der Waals surface area contributed by atoms with Crippen LogP contribution in [0.3, 0.4) is 0 Å². The summed E-state index contributed by atoms with van der Waals surface area (Å²) in [5, 5.41) is 11.4. The van der Waals surface area contributed by atoms with Crippen molar-refractivity contribution in [3.05, 3.63) is 35.4 Å². The van der Waals surface area contributed by atoms with Crippen LogP contribution in [0.1, 0.15) is 18.4 Å². The summed E-state index contributed by atoms with van der Waals surface area (Å²) in [5.74, 6) is -4.41. The summed E-state index contributed by atoms with van der Waals surface area (Å²) < 4.78 is 25.6. The molecule has 2 atom stereocenters. The minimum absolute atomic E-state index is 0.0544. The van der Waals surface area contributed by atoms with Crippen LogP contribution in [0.25, 0.3) is 0 Å². The lowest BCUT2D eigenvalue weighted by atomic mass is 9.73. The van der Waals surface area contributed by atoms with Gasteiger partial charge in [-0.1, -0.05) is 6.07 Å². The second kappa shape index (κ2) is 5.34. The van der Waals surface area contributed by atoms with Crippen molar-refractivity contribution >= 4 is 11.9 Å². The fraction of sp³-hybridized carbons (Fsp3) is 0.385. The number of carbonyl (C=O) groups excluding carboxylic acids is 1. The van der Waals surface area contributed by atoms with Crippen molar-refractivity contribution in [3.8, 4) is 0 Å². The van der Waals surface area contributed by atoms with E-state index in [1.165, 1.54) is 6.07 Å². The van der Waals surface area contributed by atoms with E-state index in [0.29, 0.717) is 18.4 Å². The highest BCUT2D eigenvalue weighted by molar-refractivity contribution is 5.86. The molecule has 1 saturated carbocycles. The van der Waals surface area contributed by atoms with Gasteiger partial charge in [-0.15, -0.1) is 0 Å². The maximum absolute atomic E-state index is 12.9. The minimum Gasteiger partial charge on any atom is -0.481 e. The van der Waals surface area contributed by atoms with E-state index in [4.69, 9.17) is 5.11 Å². The number of hydrogen-bond acceptors (Lipinski definition) is 2. The molecule has 0 bridgehead atoms. The predicted octanol–water partition coefficient (Wildman–Crippen LogP) is 1.69. The monoisotopic (exact) mass is 269 g/mol. The number of aliphatic carboxylic acids is 1. The fourth-order valence-corrected chi connectivity index (χ4v) is 2.08. The van der Waals surface area contributed by atoms with Gasteiger partial charge in [0.1, 0.15) is 0 Å². The third kappa shape index (κ3) is 2.89. The zero-order valence-corrected chi connectivity index (χ0v) is 10.0. The molecule has 2 unspecified atom stereocenters. The first-order valence-electron chi connectivity index (χ1n) is 5.93. The molecule has 1 aliphatic rings. The fourth-order valence-electron chi connectivity index (χ4n) is 2.08. The summed E-state index contributed by atoms with van der Waals surface area (Å²) in [4.78, 5) is 22.5. The number of carbonyl (C=O) groups is 2. The SMILES string of the molecule is O=C(O)C1CCC1C(=O)NCc1ccc(F)c(F)c1. The lowest BCUT2D eigenvalue weighted by molar-refractivity contribution is -0.152. The zero-order chi connectivity index (χ0) is 14.0. The quantitative estimate of drug-likeness (QED) is 0.874. The number of amides is 1. The Morgan fingerprint density at radius 3 is 2.42 bits per heavy atom. The number of carboxylic acid groups (broad SMARTS) is 1. The second-order valence-electron chi connectivity index (χ2n) is 4.59. The molecule has 0 radical (unpaired) electrons. The molecule has 6 heteroatoms. The number of nitrogens with one attached hydrogen (secondary N) is 1. The topological polar surface area (TPSA) is 66.4 Å². The van der Waals surface area contributed by atoms with Gasteiger partial charge in [-0.25, -0.2) is 8.78 Å². The first-order valence-corrected chi connectivity index (χ1v) is 5.93. The minimum atomic E-state index is -0.973. The number of rotatable bonds is 4. The van der Waals surface area contributed by atoms with Crippen molar-refractivity contribution in [1.82, 2.24) is 5.32 Å². The number of benzene rings is 1. The van der Waals surface area contributed by atoms with Crippen molar-refractivity contribution in [2.45, 2.75) is 19.4 Å². The van der Waals surface area contributed by atoms with Crippen LogP contribution < -0.4 is 5.32 Å². The molecule has 2 N–H and O–H groups in total. The highest BCUT2D eigenvalue weighted by Gasteiger charge is 2.41. The Morgan fingerprint density at radius 2 is 1.89 bits per heavy atom. The Kier molecular flexibility index (Phi) is 3.78. The molecule has 1 aliphatic carbocycles. The van der Waals surface area contributed by atoms with Crippen molar-refractivity contribution in [2.24, 2.45) is 11.8 Å². The number of hydrogen-bond donors (Lipinski definition) is 2. The van der Waals surface area contributed by atoms with Gasteiger partial charge >= 0.3 is 5.97 Å². The van der Waals surface area contributed by atoms with E-state index < -0.39 is 29.4 Å². The van der Waals surface area contributed by atoms with Crippen molar-refractivity contribution in [2.75, 3.05) is 0 Å². The van der Waals surface area contributed by atoms with Crippen LogP contribution in [0.2, 0.25) is 0 Å². The molecule has 0 spiro atoms. The molecular weight excluding hydrogens is 256 g/mol. The van der Waals surface area contributed by atoms with Crippen LogP contribution in [0.4, 0.5) is 8.78 Å². The Morgan fingerprint density at radius 1 is 1.21 bits per heavy atom. The van der Waals surface area contributed by atoms with E-state index in [1.807, 2.05) is 0 Å². The van der Waals surface area contributed by atoms with E-state index in [2.05, 4.69) is 5.32 Å². The summed E-state index contributed by atoms with van der Waals surface area (Å²) in [7, 11) is 0. The standard InChI is InChI=1S/C13H13F2NO3/c14-10-4-1-7(5-11(10)15)6-16-12(17)8-2-3-9(8)13(18)19/h1,4-5,8-9H,2-3,6H2,(H,16,17)(H,18,19). The Balaban J connectivity index is 1.90. The van der Waals surface area contributed by atoms with Crippen LogP contribution in [-0.4, -0.2) is 17.0 Å². The van der Waals surface area contributed by atoms with E-state index >= 15 is 0 Å². The number of carboxylic acids is 1. The molecule has 4 nitrogen and oxygen atoms in total. The highest BCUT2D eigenvalue weighted by Crippen LogP contribution is 2.34. The lowest BCUT2D eigenvalue weighted by Crippen LogP contribution is -2.43. The van der Waals surface area contributed by atoms with Crippen molar-refractivity contribution in [1.29, 1.82) is 0 Å². The smallest absolute Gasteiger partial charge is 0.307 e. The summed E-state index contributed by atoms with van der Waals surface area (Å²) in [5.41, 5.74) is 0.429. The second-order valence-corrected chi connectivity index (χ2v) is 4.59. The van der Waals surface area contributed by atoms with Crippen molar-refractivity contribution < 1.29 is 23.5 Å². The molecule has 19 heavy (non-hydrogen) atoms. The maximum Gasteiger partial charge on any atom is 0.307 e. The molecule has 1 aromatic carbocycles. The third-order valence-corrected chi connectivity index (χ3v) is 3.38. The summed E-state index contributed by atoms with van der Waals surface area (Å²) in [6.45, 7) is 0.0544. The van der Waals surface area contributed by atoms with Crippen LogP contribution >= 0.6 is 0 Å². The van der Waals surface area contributed by atoms with E-state index in [-0.39, 0.29) is 12.5 Å². The maximum atomic E-state index is 12.9. The van der Waals surface area contributed by atoms with Gasteiger partial charge in [-0.2, -0.15) is 0 Å². The lowest BCUT2D eigenvalue weighted by Gasteiger charge is -2.31. The van der Waals surface area contributed by atoms with Crippen LogP contribution in [0, 0.1) is 23.5 Å². The normalized spacial score (nSPS) is 21.6. The summed E-state index contributed by atoms with van der Waals surface area (Å²) in [6, 6.07) is 3.36. The highest BCUT2D eigenvalue weighted by atomic mass is 19.2. The molecule has 1 aromatic rings. The average molecular weight is 269 g/mol. The van der Waals surface area contributed by atoms with E-state index in [0.717, 1.165) is 12.1 Å². The summed E-state index contributed by atoms with van der Waals surface area (Å²) >= 11 is 0. The Hall–Kier alpha value is -1.98. The van der Waals surface area contributed by atoms with Crippen molar-refractivity contribution in [3.63, 3.8) is 0 Å². The molecule has 2 rings (SSSR count). The van der Waals surface area contributed by atoms with Gasteiger partial charge in [0.15, 0.2) is 11.6 Å². The molecule has 102 valence electrons. The molecule has 1 amide bonds. The van der Waals surface area contributed by atoms with E-state index in [9.17, 15) is 18.4 Å². The molecule has 0 aromatic heterocycles. The number of halogens is 2. The Bertz CT molecular complexity index is 519. The first-order chi connectivity index (χ1) is 8.99. The van der Waals surface area contributed by atoms with Gasteiger partial charge in [-0.3, -0.25) is 9.59 Å². The largest absolute Gasteiger partial charge is 0.481 e. The van der Waals surface area contributed by atoms with Crippen LogP contribution in [-0.2, 0) is 16.1 Å². The van der Waals surface area contributed by atoms with Gasteiger partial charge in [0.2, 0.25) is 5.91 Å².